The molecule has 0 N–H and O–H groups in total. The molecular formula is C22H23F3N4O2. The summed E-state index contributed by atoms with van der Waals surface area (Å²) in [5, 5.41) is 4.22. The van der Waals surface area contributed by atoms with E-state index in [9.17, 15) is 18.0 Å². The Kier molecular flexibility index (Phi) is 5.60. The SMILES string of the molecule is COc1cccc(CC(=O)N2CCC(c3cc4nc(C)cc(C(F)(F)F)n4n3)CC2)c1. The molecule has 3 heterocycles. The van der Waals surface area contributed by atoms with E-state index in [1.54, 1.807) is 18.1 Å². The number of methoxy groups -OCH3 is 1. The van der Waals surface area contributed by atoms with Gasteiger partial charge in [0.25, 0.3) is 0 Å². The van der Waals surface area contributed by atoms with Gasteiger partial charge in [-0.1, -0.05) is 12.1 Å². The van der Waals surface area contributed by atoms with Crippen molar-refractivity contribution in [2.45, 2.75) is 38.3 Å². The molecule has 0 unspecified atom stereocenters. The van der Waals surface area contributed by atoms with Gasteiger partial charge in [0, 0.05) is 30.8 Å². The molecule has 1 aliphatic rings. The number of alkyl halides is 3. The van der Waals surface area contributed by atoms with Crippen molar-refractivity contribution in [2.24, 2.45) is 0 Å². The number of ether oxygens (including phenoxy) is 1. The summed E-state index contributed by atoms with van der Waals surface area (Å²) in [5.41, 5.74) is 1.13. The zero-order valence-electron chi connectivity index (χ0n) is 17.3. The quantitative estimate of drug-likeness (QED) is 0.625. The lowest BCUT2D eigenvalue weighted by atomic mass is 9.93. The van der Waals surface area contributed by atoms with Crippen LogP contribution >= 0.6 is 0 Å². The Bertz CT molecular complexity index is 1100. The summed E-state index contributed by atoms with van der Waals surface area (Å²) in [6.07, 6.45) is -2.93. The van der Waals surface area contributed by atoms with E-state index in [1.165, 1.54) is 6.92 Å². The molecule has 4 rings (SSSR count). The van der Waals surface area contributed by atoms with Crippen molar-refractivity contribution in [3.8, 4) is 5.75 Å². The van der Waals surface area contributed by atoms with E-state index in [-0.39, 0.29) is 23.9 Å². The van der Waals surface area contributed by atoms with E-state index < -0.39 is 11.9 Å². The molecule has 9 heteroatoms. The number of piperidine rings is 1. The summed E-state index contributed by atoms with van der Waals surface area (Å²) in [6, 6.07) is 10.0. The third kappa shape index (κ3) is 4.50. The lowest BCUT2D eigenvalue weighted by Gasteiger charge is -2.31. The molecule has 0 aliphatic carbocycles. The second kappa shape index (κ2) is 8.20. The summed E-state index contributed by atoms with van der Waals surface area (Å²) in [4.78, 5) is 18.7. The maximum atomic E-state index is 13.4. The monoisotopic (exact) mass is 432 g/mol. The van der Waals surface area contributed by atoms with Gasteiger partial charge in [-0.2, -0.15) is 18.3 Å². The number of benzene rings is 1. The highest BCUT2D eigenvalue weighted by atomic mass is 19.4. The number of hydrogen-bond donors (Lipinski definition) is 0. The number of carbonyl (C=O) groups is 1. The first-order chi connectivity index (χ1) is 14.7. The van der Waals surface area contributed by atoms with Gasteiger partial charge < -0.3 is 9.64 Å². The zero-order chi connectivity index (χ0) is 22.2. The first kappa shape index (κ1) is 21.1. The molecule has 0 radical (unpaired) electrons. The molecule has 31 heavy (non-hydrogen) atoms. The Morgan fingerprint density at radius 2 is 1.94 bits per heavy atom. The minimum absolute atomic E-state index is 0.0102. The third-order valence-electron chi connectivity index (χ3n) is 5.62. The topological polar surface area (TPSA) is 59.7 Å². The van der Waals surface area contributed by atoms with Gasteiger partial charge in [0.15, 0.2) is 5.65 Å². The number of aryl methyl sites for hydroxylation is 1. The Hall–Kier alpha value is -3.10. The molecule has 2 aromatic heterocycles. The van der Waals surface area contributed by atoms with Crippen LogP contribution in [0.2, 0.25) is 0 Å². The number of nitrogens with zero attached hydrogens (tertiary/aromatic N) is 4. The van der Waals surface area contributed by atoms with Crippen molar-refractivity contribution in [3.63, 3.8) is 0 Å². The van der Waals surface area contributed by atoms with Crippen molar-refractivity contribution in [1.82, 2.24) is 19.5 Å². The Labute approximate surface area is 177 Å². The van der Waals surface area contributed by atoms with E-state index in [1.807, 2.05) is 24.3 Å². The van der Waals surface area contributed by atoms with Crippen LogP contribution in [0, 0.1) is 6.92 Å². The number of rotatable bonds is 4. The molecular weight excluding hydrogens is 409 g/mol. The number of fused-ring (bicyclic) bond motifs is 1. The minimum Gasteiger partial charge on any atom is -0.497 e. The molecule has 3 aromatic rings. The van der Waals surface area contributed by atoms with Gasteiger partial charge in [0.1, 0.15) is 11.4 Å². The second-order valence-electron chi connectivity index (χ2n) is 7.80. The van der Waals surface area contributed by atoms with Crippen molar-refractivity contribution >= 4 is 11.6 Å². The highest BCUT2D eigenvalue weighted by Gasteiger charge is 2.35. The smallest absolute Gasteiger partial charge is 0.433 e. The van der Waals surface area contributed by atoms with Crippen LogP contribution in [-0.2, 0) is 17.4 Å². The summed E-state index contributed by atoms with van der Waals surface area (Å²) >= 11 is 0. The van der Waals surface area contributed by atoms with Gasteiger partial charge >= 0.3 is 6.18 Å². The maximum Gasteiger partial charge on any atom is 0.433 e. The van der Waals surface area contributed by atoms with Gasteiger partial charge in [-0.15, -0.1) is 0 Å². The number of carbonyl (C=O) groups excluding carboxylic acids is 1. The molecule has 1 aliphatic heterocycles. The van der Waals surface area contributed by atoms with Gasteiger partial charge in [-0.3, -0.25) is 4.79 Å². The van der Waals surface area contributed by atoms with Gasteiger partial charge in [0.2, 0.25) is 5.91 Å². The van der Waals surface area contributed by atoms with Crippen molar-refractivity contribution in [2.75, 3.05) is 20.2 Å². The lowest BCUT2D eigenvalue weighted by Crippen LogP contribution is -2.38. The fourth-order valence-corrected chi connectivity index (χ4v) is 4.01. The Balaban J connectivity index is 1.45. The van der Waals surface area contributed by atoms with E-state index in [4.69, 9.17) is 4.74 Å². The van der Waals surface area contributed by atoms with Crippen LogP contribution in [0.5, 0.6) is 5.75 Å². The Morgan fingerprint density at radius 1 is 1.19 bits per heavy atom. The predicted octanol–water partition coefficient (Wildman–Crippen LogP) is 4.01. The number of hydrogen-bond acceptors (Lipinski definition) is 4. The highest BCUT2D eigenvalue weighted by molar-refractivity contribution is 5.79. The van der Waals surface area contributed by atoms with Crippen LogP contribution in [0.25, 0.3) is 5.65 Å². The average molecular weight is 432 g/mol. The highest BCUT2D eigenvalue weighted by Crippen LogP contribution is 2.32. The summed E-state index contributed by atoms with van der Waals surface area (Å²) in [6.45, 7) is 2.62. The molecule has 1 amide bonds. The van der Waals surface area contributed by atoms with Crippen LogP contribution in [0.3, 0.4) is 0 Å². The number of halogens is 3. The lowest BCUT2D eigenvalue weighted by molar-refractivity contribution is -0.142. The molecule has 0 bridgehead atoms. The molecule has 0 spiro atoms. The van der Waals surface area contributed by atoms with Crippen LogP contribution in [0.15, 0.2) is 36.4 Å². The summed E-state index contributed by atoms with van der Waals surface area (Å²) in [7, 11) is 1.58. The van der Waals surface area contributed by atoms with Gasteiger partial charge in [-0.05, 0) is 43.5 Å². The molecule has 0 atom stereocenters. The molecule has 164 valence electrons. The standard InChI is InChI=1S/C22H23F3N4O2/c1-14-10-19(22(23,24)25)29-20(26-14)13-18(27-29)16-6-8-28(9-7-16)21(30)12-15-4-3-5-17(11-15)31-2/h3-5,10-11,13,16H,6-9,12H2,1-2H3. The van der Waals surface area contributed by atoms with Crippen molar-refractivity contribution in [1.29, 1.82) is 0 Å². The van der Waals surface area contributed by atoms with Gasteiger partial charge in [0.05, 0.1) is 19.2 Å². The summed E-state index contributed by atoms with van der Waals surface area (Å²) in [5.74, 6) is 0.722. The first-order valence-corrected chi connectivity index (χ1v) is 10.1. The molecule has 0 saturated carbocycles. The van der Waals surface area contributed by atoms with Crippen molar-refractivity contribution < 1.29 is 22.7 Å². The largest absolute Gasteiger partial charge is 0.497 e. The maximum absolute atomic E-state index is 13.4. The molecule has 1 saturated heterocycles. The van der Waals surface area contributed by atoms with Crippen LogP contribution < -0.4 is 4.74 Å². The zero-order valence-corrected chi connectivity index (χ0v) is 17.3. The van der Waals surface area contributed by atoms with Crippen molar-refractivity contribution in [3.05, 3.63) is 59.0 Å². The van der Waals surface area contributed by atoms with Gasteiger partial charge in [-0.25, -0.2) is 9.50 Å². The van der Waals surface area contributed by atoms with E-state index in [0.717, 1.165) is 16.1 Å². The summed E-state index contributed by atoms with van der Waals surface area (Å²) < 4.78 is 46.2. The van der Waals surface area contributed by atoms with E-state index >= 15 is 0 Å². The fourth-order valence-electron chi connectivity index (χ4n) is 4.01. The third-order valence-corrected chi connectivity index (χ3v) is 5.62. The first-order valence-electron chi connectivity index (χ1n) is 10.1. The molecule has 1 fully saturated rings. The molecule has 1 aromatic carbocycles. The van der Waals surface area contributed by atoms with E-state index in [0.29, 0.717) is 43.1 Å². The number of likely N-dealkylation sites (tertiary alicyclic amines) is 1. The van der Waals surface area contributed by atoms with E-state index in [2.05, 4.69) is 10.1 Å². The average Bonchev–Trinajstić information content (AvgIpc) is 3.16. The minimum atomic E-state index is -4.51. The predicted molar refractivity (Wildman–Crippen MR) is 108 cm³/mol. The number of aromatic nitrogens is 3. The normalized spacial score (nSPS) is 15.5. The number of amides is 1. The van der Waals surface area contributed by atoms with Crippen LogP contribution in [0.4, 0.5) is 13.2 Å². The molecule has 6 nitrogen and oxygen atoms in total. The van der Waals surface area contributed by atoms with Crippen LogP contribution in [-0.4, -0.2) is 45.6 Å². The van der Waals surface area contributed by atoms with Crippen LogP contribution in [0.1, 0.15) is 41.4 Å². The second-order valence-corrected chi connectivity index (χ2v) is 7.80. The fraction of sp³-hybridized carbons (Fsp3) is 0.409. The Morgan fingerprint density at radius 3 is 2.61 bits per heavy atom.